The summed E-state index contributed by atoms with van der Waals surface area (Å²) in [5.74, 6) is 0.147. The van der Waals surface area contributed by atoms with Crippen LogP contribution in [0.2, 0.25) is 10.0 Å². The molecule has 2 fully saturated rings. The summed E-state index contributed by atoms with van der Waals surface area (Å²) >= 11 is 12.3. The lowest BCUT2D eigenvalue weighted by molar-refractivity contribution is 0.0761. The molecular weight excluding hydrogens is 619 g/mol. The van der Waals surface area contributed by atoms with Crippen molar-refractivity contribution in [1.29, 1.82) is 0 Å². The van der Waals surface area contributed by atoms with Crippen LogP contribution in [0.4, 0.5) is 5.69 Å². The first-order valence-electron chi connectivity index (χ1n) is 15.1. The van der Waals surface area contributed by atoms with Crippen LogP contribution in [0.15, 0.2) is 60.8 Å². The van der Waals surface area contributed by atoms with Crippen LogP contribution in [0.5, 0.6) is 5.75 Å². The molecule has 1 aliphatic heterocycles. The van der Waals surface area contributed by atoms with Gasteiger partial charge in [-0.25, -0.2) is 8.42 Å². The van der Waals surface area contributed by atoms with Gasteiger partial charge in [0.15, 0.2) is 0 Å². The summed E-state index contributed by atoms with van der Waals surface area (Å²) in [5, 5.41) is 11.1. The molecule has 3 aliphatic rings. The van der Waals surface area contributed by atoms with E-state index in [2.05, 4.69) is 21.5 Å². The first kappa shape index (κ1) is 30.9. The summed E-state index contributed by atoms with van der Waals surface area (Å²) < 4.78 is 30.3. The Kier molecular flexibility index (Phi) is 8.67. The summed E-state index contributed by atoms with van der Waals surface area (Å²) in [6, 6.07) is 13.6. The summed E-state index contributed by atoms with van der Waals surface area (Å²) in [7, 11) is -3.92. The lowest BCUT2D eigenvalue weighted by Gasteiger charge is -2.38. The van der Waals surface area contributed by atoms with Crippen LogP contribution in [0.3, 0.4) is 0 Å². The molecule has 1 saturated carbocycles. The van der Waals surface area contributed by atoms with E-state index in [1.807, 2.05) is 18.2 Å². The lowest BCUT2D eigenvalue weighted by Crippen LogP contribution is -2.35. The van der Waals surface area contributed by atoms with Crippen LogP contribution in [-0.4, -0.2) is 60.4 Å². The van der Waals surface area contributed by atoms with Crippen LogP contribution in [0, 0.1) is 5.41 Å². The third-order valence-corrected chi connectivity index (χ3v) is 11.4. The number of phenols is 1. The van der Waals surface area contributed by atoms with Gasteiger partial charge in [0, 0.05) is 60.8 Å². The van der Waals surface area contributed by atoms with Gasteiger partial charge in [-0.05, 0) is 78.6 Å². The van der Waals surface area contributed by atoms with Gasteiger partial charge in [0.2, 0.25) is 0 Å². The van der Waals surface area contributed by atoms with Crippen LogP contribution >= 0.6 is 23.2 Å². The molecule has 1 spiro atoms. The fraction of sp³-hybridized carbons (Fsp3) is 0.394. The first-order valence-corrected chi connectivity index (χ1v) is 17.3. The van der Waals surface area contributed by atoms with Crippen molar-refractivity contribution in [2.24, 2.45) is 5.41 Å². The fourth-order valence-electron chi connectivity index (χ4n) is 6.93. The highest BCUT2D eigenvalue weighted by molar-refractivity contribution is 8.01. The Hall–Kier alpha value is -3.11. The molecule has 2 aliphatic carbocycles. The standard InChI is InChI=1S/C33H36Cl2N4O4S/c1-22-26-6-4-13-36-31(26)30(20-33(22)11-2-3-12-33)44(42,43)37-25-9-7-23(8-10-25)32(41)39-15-5-14-38(16-17-39)21-27-28(35)18-24(34)19-29(27)40/h4,6-10,13,18-20,22,37,40H,2-3,5,11-12,14-17,21H2,1H3. The van der Waals surface area contributed by atoms with Crippen molar-refractivity contribution in [3.05, 3.63) is 93.2 Å². The van der Waals surface area contributed by atoms with E-state index < -0.39 is 10.0 Å². The van der Waals surface area contributed by atoms with Gasteiger partial charge in [-0.3, -0.25) is 19.4 Å². The van der Waals surface area contributed by atoms with E-state index in [0.29, 0.717) is 58.7 Å². The molecule has 44 heavy (non-hydrogen) atoms. The second-order valence-corrected chi connectivity index (χ2v) is 14.6. The Balaban J connectivity index is 1.13. The number of aromatic hydroxyl groups is 1. The Morgan fingerprint density at radius 3 is 2.52 bits per heavy atom. The van der Waals surface area contributed by atoms with E-state index in [4.69, 9.17) is 23.2 Å². The number of amides is 1. The summed E-state index contributed by atoms with van der Waals surface area (Å²) in [6.07, 6.45) is 8.45. The van der Waals surface area contributed by atoms with Crippen molar-refractivity contribution in [2.75, 3.05) is 30.9 Å². The van der Waals surface area contributed by atoms with E-state index in [1.54, 1.807) is 41.4 Å². The highest BCUT2D eigenvalue weighted by Gasteiger charge is 2.44. The molecule has 1 saturated heterocycles. The number of aromatic nitrogens is 1. The molecule has 0 bridgehead atoms. The van der Waals surface area contributed by atoms with Gasteiger partial charge in [0.25, 0.3) is 15.9 Å². The molecular formula is C33H36Cl2N4O4S. The zero-order chi connectivity index (χ0) is 31.1. The fourth-order valence-corrected chi connectivity index (χ4v) is 8.84. The molecule has 0 radical (unpaired) electrons. The molecule has 8 nitrogen and oxygen atoms in total. The van der Waals surface area contributed by atoms with Crippen molar-refractivity contribution in [2.45, 2.75) is 51.5 Å². The van der Waals surface area contributed by atoms with E-state index in [9.17, 15) is 18.3 Å². The zero-order valence-electron chi connectivity index (χ0n) is 24.6. The number of sulfonamides is 1. The summed E-state index contributed by atoms with van der Waals surface area (Å²) in [5.41, 5.74) is 2.80. The van der Waals surface area contributed by atoms with Crippen molar-refractivity contribution < 1.29 is 18.3 Å². The van der Waals surface area contributed by atoms with Crippen molar-refractivity contribution in [1.82, 2.24) is 14.8 Å². The number of carbonyl (C=O) groups is 1. The number of nitrogens with one attached hydrogen (secondary N) is 1. The second-order valence-electron chi connectivity index (χ2n) is 12.1. The highest BCUT2D eigenvalue weighted by atomic mass is 35.5. The number of nitrogens with zero attached hydrogens (tertiary/aromatic N) is 3. The largest absolute Gasteiger partial charge is 0.508 e. The minimum absolute atomic E-state index is 0.0586. The maximum atomic E-state index is 13.8. The lowest BCUT2D eigenvalue weighted by atomic mass is 9.68. The topological polar surface area (TPSA) is 103 Å². The Morgan fingerprint density at radius 2 is 1.80 bits per heavy atom. The third-order valence-electron chi connectivity index (χ3n) is 9.42. The number of hydrogen-bond donors (Lipinski definition) is 2. The predicted octanol–water partition coefficient (Wildman–Crippen LogP) is 6.90. The van der Waals surface area contributed by atoms with E-state index in [1.165, 1.54) is 6.07 Å². The molecule has 2 N–H and O–H groups in total. The molecule has 1 unspecified atom stereocenters. The zero-order valence-corrected chi connectivity index (χ0v) is 26.9. The van der Waals surface area contributed by atoms with Crippen LogP contribution in [-0.2, 0) is 16.6 Å². The quantitative estimate of drug-likeness (QED) is 0.300. The summed E-state index contributed by atoms with van der Waals surface area (Å²) in [6.45, 7) is 5.10. The number of fused-ring (bicyclic) bond motifs is 1. The van der Waals surface area contributed by atoms with Gasteiger partial charge in [-0.15, -0.1) is 0 Å². The minimum Gasteiger partial charge on any atom is -0.508 e. The minimum atomic E-state index is -3.92. The van der Waals surface area contributed by atoms with Gasteiger partial charge in [-0.2, -0.15) is 0 Å². The number of hydrogen-bond acceptors (Lipinski definition) is 6. The van der Waals surface area contributed by atoms with E-state index >= 15 is 0 Å². The highest BCUT2D eigenvalue weighted by Crippen LogP contribution is 2.55. The normalized spacial score (nSPS) is 20.2. The van der Waals surface area contributed by atoms with Gasteiger partial charge in [-0.1, -0.05) is 55.1 Å². The van der Waals surface area contributed by atoms with Crippen molar-refractivity contribution >= 4 is 49.7 Å². The third kappa shape index (κ3) is 6.07. The monoisotopic (exact) mass is 654 g/mol. The molecule has 232 valence electrons. The molecule has 2 heterocycles. The summed E-state index contributed by atoms with van der Waals surface area (Å²) in [4.78, 5) is 22.1. The van der Waals surface area contributed by atoms with E-state index in [-0.39, 0.29) is 27.9 Å². The van der Waals surface area contributed by atoms with Crippen molar-refractivity contribution in [3.63, 3.8) is 0 Å². The number of halogens is 2. The number of benzene rings is 2. The SMILES string of the molecule is CC1c2cccnc2C(S(=O)(=O)Nc2ccc(C(=O)N3CCCN(Cc4c(O)cc(Cl)cc4Cl)CC3)cc2)=CC12CCCC2. The van der Waals surface area contributed by atoms with Gasteiger partial charge >= 0.3 is 0 Å². The Morgan fingerprint density at radius 1 is 1.05 bits per heavy atom. The van der Waals surface area contributed by atoms with Gasteiger partial charge in [0.1, 0.15) is 10.7 Å². The Labute approximate surface area is 268 Å². The van der Waals surface area contributed by atoms with Crippen LogP contribution in [0.1, 0.15) is 72.1 Å². The number of rotatable bonds is 6. The average molecular weight is 656 g/mol. The van der Waals surface area contributed by atoms with E-state index in [0.717, 1.165) is 44.2 Å². The van der Waals surface area contributed by atoms with Crippen molar-refractivity contribution in [3.8, 4) is 5.75 Å². The molecule has 6 rings (SSSR count). The molecule has 1 atom stereocenters. The predicted molar refractivity (Wildman–Crippen MR) is 174 cm³/mol. The molecule has 3 aromatic rings. The molecule has 11 heteroatoms. The molecule has 2 aromatic carbocycles. The molecule has 1 amide bonds. The number of allylic oxidation sites excluding steroid dienone is 1. The first-order chi connectivity index (χ1) is 21.1. The number of carbonyl (C=O) groups excluding carboxylic acids is 1. The van der Waals surface area contributed by atoms with Crippen LogP contribution < -0.4 is 4.72 Å². The molecule has 1 aromatic heterocycles. The number of pyridine rings is 1. The smallest absolute Gasteiger partial charge is 0.263 e. The van der Waals surface area contributed by atoms with Gasteiger partial charge in [0.05, 0.1) is 10.7 Å². The Bertz CT molecular complexity index is 1680. The maximum Gasteiger partial charge on any atom is 0.263 e. The van der Waals surface area contributed by atoms with Gasteiger partial charge < -0.3 is 10.0 Å². The number of phenolic OH excluding ortho intramolecular Hbond substituents is 1. The van der Waals surface area contributed by atoms with Crippen LogP contribution in [0.25, 0.3) is 4.91 Å². The maximum absolute atomic E-state index is 13.8. The number of anilines is 1. The second kappa shape index (κ2) is 12.4. The average Bonchev–Trinajstić information content (AvgIpc) is 3.34.